The van der Waals surface area contributed by atoms with Gasteiger partial charge in [0, 0.05) is 46.8 Å². The summed E-state index contributed by atoms with van der Waals surface area (Å²) in [6.45, 7) is 1.51. The van der Waals surface area contributed by atoms with Crippen LogP contribution in [-0.4, -0.2) is 17.0 Å². The number of hydrogen-bond acceptors (Lipinski definition) is 1. The fraction of sp³-hybridized carbons (Fsp3) is 0.211. The predicted molar refractivity (Wildman–Crippen MR) is 96.8 cm³/mol. The highest BCUT2D eigenvalue weighted by molar-refractivity contribution is 9.10. The number of amides is 1. The molecule has 1 aliphatic heterocycles. The minimum Gasteiger partial charge on any atom is -0.347 e. The Morgan fingerprint density at radius 2 is 1.96 bits per heavy atom. The van der Waals surface area contributed by atoms with Crippen LogP contribution in [-0.2, 0) is 17.8 Å². The second-order valence-electron chi connectivity index (χ2n) is 5.86. The Kier molecular flexibility index (Phi) is 3.69. The molecule has 0 unspecified atom stereocenters. The van der Waals surface area contributed by atoms with Gasteiger partial charge in [0.05, 0.1) is 0 Å². The van der Waals surface area contributed by atoms with E-state index >= 15 is 0 Å². The van der Waals surface area contributed by atoms with Gasteiger partial charge in [-0.2, -0.15) is 0 Å². The average Bonchev–Trinajstić information content (AvgIpc) is 3.17. The number of benzene rings is 2. The number of nitrogens with zero attached hydrogens (tertiary/aromatic N) is 2. The zero-order valence-electron chi connectivity index (χ0n) is 12.7. The van der Waals surface area contributed by atoms with E-state index in [1.54, 1.807) is 0 Å². The van der Waals surface area contributed by atoms with Gasteiger partial charge in [-0.15, -0.1) is 0 Å². The number of rotatable bonds is 3. The van der Waals surface area contributed by atoms with Crippen molar-refractivity contribution in [1.82, 2.24) is 4.57 Å². The van der Waals surface area contributed by atoms with E-state index in [1.807, 2.05) is 35.2 Å². The fourth-order valence-corrected chi connectivity index (χ4v) is 3.82. The molecule has 3 nitrogen and oxygen atoms in total. The van der Waals surface area contributed by atoms with Crippen LogP contribution < -0.4 is 4.90 Å². The van der Waals surface area contributed by atoms with Gasteiger partial charge in [-0.1, -0.05) is 40.2 Å². The second kappa shape index (κ2) is 5.85. The summed E-state index contributed by atoms with van der Waals surface area (Å²) >= 11 is 3.57. The maximum Gasteiger partial charge on any atom is 0.228 e. The summed E-state index contributed by atoms with van der Waals surface area (Å²) in [5.74, 6) is 0.201. The Bertz CT molecular complexity index is 884. The first-order valence-corrected chi connectivity index (χ1v) is 8.65. The summed E-state index contributed by atoms with van der Waals surface area (Å²) in [7, 11) is 0. The smallest absolute Gasteiger partial charge is 0.228 e. The lowest BCUT2D eigenvalue weighted by molar-refractivity contribution is -0.118. The number of halogens is 1. The van der Waals surface area contributed by atoms with Gasteiger partial charge in [0.15, 0.2) is 0 Å². The van der Waals surface area contributed by atoms with Crippen molar-refractivity contribution in [3.63, 3.8) is 0 Å². The van der Waals surface area contributed by atoms with E-state index in [9.17, 15) is 4.79 Å². The average molecular weight is 369 g/mol. The van der Waals surface area contributed by atoms with E-state index in [0.29, 0.717) is 13.0 Å². The molecule has 0 atom stereocenters. The molecule has 4 rings (SSSR count). The first-order valence-electron chi connectivity index (χ1n) is 7.86. The Balaban J connectivity index is 1.51. The van der Waals surface area contributed by atoms with Crippen LogP contribution in [0.1, 0.15) is 12.0 Å². The molecule has 0 N–H and O–H groups in total. The maximum atomic E-state index is 12.6. The molecule has 0 fully saturated rings. The van der Waals surface area contributed by atoms with Gasteiger partial charge in [0.25, 0.3) is 0 Å². The molecule has 0 bridgehead atoms. The number of para-hydroxylation sites is 1. The molecule has 2 aromatic carbocycles. The Morgan fingerprint density at radius 3 is 2.87 bits per heavy atom. The molecule has 1 amide bonds. The molecule has 3 aromatic rings. The number of hydrogen-bond donors (Lipinski definition) is 0. The molecule has 4 heteroatoms. The van der Waals surface area contributed by atoms with E-state index in [4.69, 9.17) is 0 Å². The third kappa shape index (κ3) is 2.57. The number of aromatic nitrogens is 1. The molecule has 0 saturated heterocycles. The van der Waals surface area contributed by atoms with Crippen molar-refractivity contribution in [3.8, 4) is 0 Å². The third-order valence-corrected chi connectivity index (χ3v) is 5.21. The van der Waals surface area contributed by atoms with Crippen LogP contribution in [0.5, 0.6) is 0 Å². The molecule has 0 radical (unpaired) electrons. The summed E-state index contributed by atoms with van der Waals surface area (Å²) in [4.78, 5) is 14.5. The highest BCUT2D eigenvalue weighted by Gasteiger charge is 2.23. The highest BCUT2D eigenvalue weighted by atomic mass is 79.9. The molecule has 23 heavy (non-hydrogen) atoms. The van der Waals surface area contributed by atoms with Gasteiger partial charge in [0.1, 0.15) is 0 Å². The minimum absolute atomic E-state index is 0.201. The lowest BCUT2D eigenvalue weighted by Crippen LogP contribution is -2.29. The van der Waals surface area contributed by atoms with Crippen molar-refractivity contribution in [1.29, 1.82) is 0 Å². The van der Waals surface area contributed by atoms with Gasteiger partial charge in [-0.05, 0) is 36.2 Å². The lowest BCUT2D eigenvalue weighted by atomic mass is 10.2. The number of anilines is 1. The van der Waals surface area contributed by atoms with Crippen LogP contribution >= 0.6 is 15.9 Å². The Labute approximate surface area is 143 Å². The molecule has 0 aliphatic carbocycles. The van der Waals surface area contributed by atoms with Crippen molar-refractivity contribution >= 4 is 38.4 Å². The molecule has 116 valence electrons. The summed E-state index contributed by atoms with van der Waals surface area (Å²) < 4.78 is 3.24. The molecule has 0 spiro atoms. The molecule has 0 saturated carbocycles. The summed E-state index contributed by atoms with van der Waals surface area (Å²) in [6.07, 6.45) is 3.53. The van der Waals surface area contributed by atoms with Crippen LogP contribution in [0, 0.1) is 0 Å². The van der Waals surface area contributed by atoms with Crippen LogP contribution in [0.3, 0.4) is 0 Å². The van der Waals surface area contributed by atoms with E-state index in [2.05, 4.69) is 44.9 Å². The van der Waals surface area contributed by atoms with Crippen LogP contribution in [0.15, 0.2) is 59.2 Å². The first-order chi connectivity index (χ1) is 11.2. The lowest BCUT2D eigenvalue weighted by Gasteiger charge is -2.17. The van der Waals surface area contributed by atoms with Gasteiger partial charge in [-0.25, -0.2) is 0 Å². The molecular formula is C19H17BrN2O. The summed E-state index contributed by atoms with van der Waals surface area (Å²) in [6, 6.07) is 16.4. The SMILES string of the molecule is O=C(CCn1ccc2c(Br)cccc21)N1CCc2ccccc21. The monoisotopic (exact) mass is 368 g/mol. The minimum atomic E-state index is 0.201. The third-order valence-electron chi connectivity index (χ3n) is 4.52. The van der Waals surface area contributed by atoms with Gasteiger partial charge in [-0.3, -0.25) is 4.79 Å². The van der Waals surface area contributed by atoms with Gasteiger partial charge >= 0.3 is 0 Å². The standard InChI is InChI=1S/C19H17BrN2O/c20-16-5-3-7-18-15(16)9-11-21(18)12-10-19(23)22-13-8-14-4-1-2-6-17(14)22/h1-7,9,11H,8,10,12-13H2. The number of carbonyl (C=O) groups is 1. The van der Waals surface area contributed by atoms with Crippen LogP contribution in [0.2, 0.25) is 0 Å². The largest absolute Gasteiger partial charge is 0.347 e. The molecule has 1 aliphatic rings. The van der Waals surface area contributed by atoms with E-state index < -0.39 is 0 Å². The van der Waals surface area contributed by atoms with Crippen LogP contribution in [0.25, 0.3) is 10.9 Å². The first kappa shape index (κ1) is 14.5. The fourth-order valence-electron chi connectivity index (χ4n) is 3.33. The number of aryl methyl sites for hydroxylation is 1. The van der Waals surface area contributed by atoms with Crippen molar-refractivity contribution in [2.24, 2.45) is 0 Å². The molecule has 2 heterocycles. The van der Waals surface area contributed by atoms with Gasteiger partial charge in [0.2, 0.25) is 5.91 Å². The zero-order chi connectivity index (χ0) is 15.8. The van der Waals surface area contributed by atoms with E-state index in [0.717, 1.165) is 28.6 Å². The summed E-state index contributed by atoms with van der Waals surface area (Å²) in [5.41, 5.74) is 3.52. The number of carbonyl (C=O) groups excluding carboxylic acids is 1. The Hall–Kier alpha value is -2.07. The normalized spacial score (nSPS) is 13.5. The zero-order valence-corrected chi connectivity index (χ0v) is 14.3. The predicted octanol–water partition coefficient (Wildman–Crippen LogP) is 4.38. The second-order valence-corrected chi connectivity index (χ2v) is 6.71. The topological polar surface area (TPSA) is 25.2 Å². The van der Waals surface area contributed by atoms with Crippen LogP contribution in [0.4, 0.5) is 5.69 Å². The van der Waals surface area contributed by atoms with Crippen molar-refractivity contribution in [2.75, 3.05) is 11.4 Å². The quantitative estimate of drug-likeness (QED) is 0.673. The summed E-state index contributed by atoms with van der Waals surface area (Å²) in [5, 5.41) is 1.19. The van der Waals surface area contributed by atoms with Crippen molar-refractivity contribution in [2.45, 2.75) is 19.4 Å². The van der Waals surface area contributed by atoms with E-state index in [1.165, 1.54) is 10.9 Å². The molecule has 1 aromatic heterocycles. The maximum absolute atomic E-state index is 12.6. The van der Waals surface area contributed by atoms with Crippen molar-refractivity contribution in [3.05, 3.63) is 64.8 Å². The molecular weight excluding hydrogens is 352 g/mol. The van der Waals surface area contributed by atoms with E-state index in [-0.39, 0.29) is 5.91 Å². The van der Waals surface area contributed by atoms with Crippen molar-refractivity contribution < 1.29 is 4.79 Å². The highest BCUT2D eigenvalue weighted by Crippen LogP contribution is 2.28. The van der Waals surface area contributed by atoms with Gasteiger partial charge < -0.3 is 9.47 Å². The Morgan fingerprint density at radius 1 is 1.09 bits per heavy atom. The number of fused-ring (bicyclic) bond motifs is 2.